The first-order valence-electron chi connectivity index (χ1n) is 5.11. The van der Waals surface area contributed by atoms with Crippen LogP contribution in [0.2, 0.25) is 0 Å². The molecule has 0 N–H and O–H groups in total. The summed E-state index contributed by atoms with van der Waals surface area (Å²) in [5.74, 6) is 0. The fourth-order valence-corrected chi connectivity index (χ4v) is 0.935. The molecule has 0 amide bonds. The SMILES string of the molecule is C=C/C=C\C(C#N)=C/CC(=C)/C=C\C=C/C. The van der Waals surface area contributed by atoms with Gasteiger partial charge in [0.1, 0.15) is 0 Å². The molecule has 0 heterocycles. The number of nitriles is 1. The molecule has 1 nitrogen and oxygen atoms in total. The molecule has 0 aliphatic heterocycles. The van der Waals surface area contributed by atoms with Crippen LogP contribution in [-0.2, 0) is 0 Å². The van der Waals surface area contributed by atoms with Crippen LogP contribution in [0.3, 0.4) is 0 Å². The van der Waals surface area contributed by atoms with Gasteiger partial charge in [-0.25, -0.2) is 0 Å². The third-order valence-corrected chi connectivity index (χ3v) is 1.76. The van der Waals surface area contributed by atoms with Crippen molar-refractivity contribution in [3.05, 3.63) is 72.9 Å². The van der Waals surface area contributed by atoms with E-state index in [2.05, 4.69) is 19.2 Å². The maximum atomic E-state index is 8.82. The van der Waals surface area contributed by atoms with E-state index in [1.54, 1.807) is 18.2 Å². The maximum Gasteiger partial charge on any atom is 0.0988 e. The van der Waals surface area contributed by atoms with Crippen LogP contribution in [0.25, 0.3) is 0 Å². The highest BCUT2D eigenvalue weighted by Gasteiger charge is 1.89. The van der Waals surface area contributed by atoms with Crippen molar-refractivity contribution in [1.82, 2.24) is 0 Å². The van der Waals surface area contributed by atoms with E-state index in [-0.39, 0.29) is 0 Å². The van der Waals surface area contributed by atoms with Crippen LogP contribution in [0.15, 0.2) is 72.9 Å². The summed E-state index contributed by atoms with van der Waals surface area (Å²) in [5.41, 5.74) is 1.60. The fourth-order valence-electron chi connectivity index (χ4n) is 0.935. The second-order valence-corrected chi connectivity index (χ2v) is 3.11. The van der Waals surface area contributed by atoms with Crippen molar-refractivity contribution >= 4 is 0 Å². The van der Waals surface area contributed by atoms with E-state index in [1.165, 1.54) is 0 Å². The summed E-state index contributed by atoms with van der Waals surface area (Å²) < 4.78 is 0. The lowest BCUT2D eigenvalue weighted by Gasteiger charge is -1.93. The Labute approximate surface area is 98.1 Å². The van der Waals surface area contributed by atoms with Crippen molar-refractivity contribution < 1.29 is 0 Å². The molecular weight excluding hydrogens is 194 g/mol. The van der Waals surface area contributed by atoms with Gasteiger partial charge in [-0.3, -0.25) is 0 Å². The molecule has 1 heteroatoms. The highest BCUT2D eigenvalue weighted by atomic mass is 14.2. The minimum absolute atomic E-state index is 0.625. The molecule has 0 atom stereocenters. The minimum Gasteiger partial charge on any atom is -0.192 e. The quantitative estimate of drug-likeness (QED) is 0.475. The van der Waals surface area contributed by atoms with E-state index in [0.29, 0.717) is 12.0 Å². The predicted octanol–water partition coefficient (Wildman–Crippen LogP) is 4.26. The normalized spacial score (nSPS) is 12.4. The fraction of sp³-hybridized carbons (Fsp3) is 0.133. The van der Waals surface area contributed by atoms with Gasteiger partial charge in [0.15, 0.2) is 0 Å². The average molecular weight is 211 g/mol. The van der Waals surface area contributed by atoms with Gasteiger partial charge in [0.2, 0.25) is 0 Å². The Bertz CT molecular complexity index is 384. The lowest BCUT2D eigenvalue weighted by molar-refractivity contribution is 1.28. The molecule has 0 aromatic carbocycles. The summed E-state index contributed by atoms with van der Waals surface area (Å²) in [5, 5.41) is 8.82. The van der Waals surface area contributed by atoms with Gasteiger partial charge in [0, 0.05) is 5.57 Å². The molecule has 82 valence electrons. The molecule has 0 aromatic rings. The zero-order valence-corrected chi connectivity index (χ0v) is 9.69. The Morgan fingerprint density at radius 2 is 2.00 bits per heavy atom. The summed E-state index contributed by atoms with van der Waals surface area (Å²) >= 11 is 0. The van der Waals surface area contributed by atoms with E-state index >= 15 is 0 Å². The molecule has 0 spiro atoms. The number of rotatable bonds is 6. The Kier molecular flexibility index (Phi) is 8.26. The first-order chi connectivity index (χ1) is 7.74. The van der Waals surface area contributed by atoms with Crippen molar-refractivity contribution in [1.29, 1.82) is 5.26 Å². The third kappa shape index (κ3) is 7.34. The summed E-state index contributed by atoms with van der Waals surface area (Å²) in [7, 11) is 0. The number of allylic oxidation sites excluding steroid dienone is 10. The molecule has 0 rings (SSSR count). The zero-order valence-electron chi connectivity index (χ0n) is 9.69. The van der Waals surface area contributed by atoms with Crippen molar-refractivity contribution in [3.8, 4) is 6.07 Å². The maximum absolute atomic E-state index is 8.82. The van der Waals surface area contributed by atoms with Crippen LogP contribution in [-0.4, -0.2) is 0 Å². The van der Waals surface area contributed by atoms with Crippen LogP contribution < -0.4 is 0 Å². The summed E-state index contributed by atoms with van der Waals surface area (Å²) in [6.07, 6.45) is 15.4. The zero-order chi connectivity index (χ0) is 12.2. The van der Waals surface area contributed by atoms with E-state index in [9.17, 15) is 0 Å². The topological polar surface area (TPSA) is 23.8 Å². The number of nitrogens with zero attached hydrogens (tertiary/aromatic N) is 1. The number of hydrogen-bond acceptors (Lipinski definition) is 1. The van der Waals surface area contributed by atoms with Crippen LogP contribution in [0, 0.1) is 11.3 Å². The molecule has 0 aliphatic rings. The molecule has 0 aliphatic carbocycles. The molecule has 0 saturated heterocycles. The van der Waals surface area contributed by atoms with Crippen molar-refractivity contribution in [2.75, 3.05) is 0 Å². The molecular formula is C15H17N. The third-order valence-electron chi connectivity index (χ3n) is 1.76. The van der Waals surface area contributed by atoms with Crippen LogP contribution in [0.4, 0.5) is 0 Å². The van der Waals surface area contributed by atoms with Crippen LogP contribution in [0.5, 0.6) is 0 Å². The average Bonchev–Trinajstić information content (AvgIpc) is 2.30. The standard InChI is InChI=1S/C15H17N/c1-4-6-8-9-14(3)11-12-15(13-16)10-7-5-2/h4-10,12H,2-3,11H2,1H3/b6-4-,9-8-,10-7-,15-12+. The second-order valence-electron chi connectivity index (χ2n) is 3.11. The minimum atomic E-state index is 0.625. The predicted molar refractivity (Wildman–Crippen MR) is 70.7 cm³/mol. The van der Waals surface area contributed by atoms with Gasteiger partial charge in [0.05, 0.1) is 6.07 Å². The first kappa shape index (κ1) is 13.9. The van der Waals surface area contributed by atoms with Crippen LogP contribution >= 0.6 is 0 Å². The van der Waals surface area contributed by atoms with Crippen LogP contribution in [0.1, 0.15) is 13.3 Å². The van der Waals surface area contributed by atoms with Gasteiger partial charge < -0.3 is 0 Å². The monoisotopic (exact) mass is 211 g/mol. The Balaban J connectivity index is 4.34. The van der Waals surface area contributed by atoms with E-state index < -0.39 is 0 Å². The lowest BCUT2D eigenvalue weighted by Crippen LogP contribution is -1.76. The first-order valence-corrected chi connectivity index (χ1v) is 5.11. The highest BCUT2D eigenvalue weighted by Crippen LogP contribution is 2.05. The number of hydrogen-bond donors (Lipinski definition) is 0. The second kappa shape index (κ2) is 9.48. The summed E-state index contributed by atoms with van der Waals surface area (Å²) in [4.78, 5) is 0. The Morgan fingerprint density at radius 3 is 2.56 bits per heavy atom. The Hall–Kier alpha value is -2.07. The van der Waals surface area contributed by atoms with Gasteiger partial charge in [-0.2, -0.15) is 5.26 Å². The van der Waals surface area contributed by atoms with E-state index in [1.807, 2.05) is 37.3 Å². The smallest absolute Gasteiger partial charge is 0.0988 e. The van der Waals surface area contributed by atoms with Gasteiger partial charge in [0.25, 0.3) is 0 Å². The van der Waals surface area contributed by atoms with Gasteiger partial charge in [-0.15, -0.1) is 0 Å². The van der Waals surface area contributed by atoms with E-state index in [0.717, 1.165) is 5.57 Å². The van der Waals surface area contributed by atoms with Crippen molar-refractivity contribution in [3.63, 3.8) is 0 Å². The van der Waals surface area contributed by atoms with Crippen molar-refractivity contribution in [2.45, 2.75) is 13.3 Å². The van der Waals surface area contributed by atoms with E-state index in [4.69, 9.17) is 5.26 Å². The lowest BCUT2D eigenvalue weighted by atomic mass is 10.1. The summed E-state index contributed by atoms with van der Waals surface area (Å²) in [6.45, 7) is 9.41. The largest absolute Gasteiger partial charge is 0.192 e. The highest BCUT2D eigenvalue weighted by molar-refractivity contribution is 5.36. The molecule has 0 unspecified atom stereocenters. The molecule has 0 bridgehead atoms. The summed E-state index contributed by atoms with van der Waals surface area (Å²) in [6, 6.07) is 2.11. The molecule has 0 fully saturated rings. The molecule has 16 heavy (non-hydrogen) atoms. The molecule has 0 radical (unpaired) electrons. The van der Waals surface area contributed by atoms with Gasteiger partial charge in [-0.1, -0.05) is 61.3 Å². The van der Waals surface area contributed by atoms with Gasteiger partial charge >= 0.3 is 0 Å². The molecule has 0 aromatic heterocycles. The Morgan fingerprint density at radius 1 is 1.25 bits per heavy atom. The molecule has 0 saturated carbocycles. The van der Waals surface area contributed by atoms with Gasteiger partial charge in [-0.05, 0) is 19.4 Å². The van der Waals surface area contributed by atoms with Crippen molar-refractivity contribution in [2.24, 2.45) is 0 Å².